The van der Waals surface area contributed by atoms with Crippen LogP contribution in [0.25, 0.3) is 0 Å². The van der Waals surface area contributed by atoms with Crippen molar-refractivity contribution in [2.75, 3.05) is 49.6 Å². The van der Waals surface area contributed by atoms with E-state index in [4.69, 9.17) is 9.72 Å². The number of ether oxygens (including phenoxy) is 1. The van der Waals surface area contributed by atoms with Crippen LogP contribution in [0.5, 0.6) is 0 Å². The summed E-state index contributed by atoms with van der Waals surface area (Å²) in [6.07, 6.45) is 5.83. The first-order valence-electron chi connectivity index (χ1n) is 9.14. The van der Waals surface area contributed by atoms with Gasteiger partial charge < -0.3 is 20.1 Å². The molecule has 1 aromatic rings. The second kappa shape index (κ2) is 7.21. The van der Waals surface area contributed by atoms with E-state index in [1.807, 2.05) is 12.3 Å². The topological polar surface area (TPSA) is 73.8 Å². The zero-order valence-corrected chi connectivity index (χ0v) is 14.1. The Kier molecular flexibility index (Phi) is 4.82. The molecule has 0 aliphatic carbocycles. The van der Waals surface area contributed by atoms with Crippen molar-refractivity contribution in [2.24, 2.45) is 0 Å². The summed E-state index contributed by atoms with van der Waals surface area (Å²) in [4.78, 5) is 13.8. The number of nitrogens with one attached hydrogen (secondary N) is 1. The highest BCUT2D eigenvalue weighted by atomic mass is 16.5. The van der Waals surface area contributed by atoms with Gasteiger partial charge in [0.15, 0.2) is 0 Å². The van der Waals surface area contributed by atoms with Crippen molar-refractivity contribution < 1.29 is 9.84 Å². The van der Waals surface area contributed by atoms with E-state index in [-0.39, 0.29) is 12.1 Å². The highest BCUT2D eigenvalue weighted by Crippen LogP contribution is 2.23. The molecular weight excluding hydrogens is 306 g/mol. The van der Waals surface area contributed by atoms with Gasteiger partial charge in [0.1, 0.15) is 5.82 Å². The molecule has 2 N–H and O–H groups in total. The highest BCUT2D eigenvalue weighted by molar-refractivity contribution is 5.43. The lowest BCUT2D eigenvalue weighted by atomic mass is 10.1. The lowest BCUT2D eigenvalue weighted by Gasteiger charge is -2.31. The molecule has 4 rings (SSSR count). The molecule has 1 aromatic heterocycles. The molecule has 7 heteroatoms. The minimum absolute atomic E-state index is 0.169. The lowest BCUT2D eigenvalue weighted by molar-refractivity contribution is 0.145. The standard InChI is InChI=1S/C17H27N5O2/c23-13-4-9-22(10-5-13)16-3-6-18-17(20-16)19-14-11-24-12-15(14)21-7-1-2-8-21/h3,6,13-15,23H,1-2,4-5,7-12H2,(H,18,19,20)/t14-,15-/m0/s1. The summed E-state index contributed by atoms with van der Waals surface area (Å²) in [6.45, 7) is 5.54. The summed E-state index contributed by atoms with van der Waals surface area (Å²) >= 11 is 0. The number of hydrogen-bond acceptors (Lipinski definition) is 7. The molecule has 0 aromatic carbocycles. The fourth-order valence-electron chi connectivity index (χ4n) is 3.97. The van der Waals surface area contributed by atoms with Gasteiger partial charge in [0, 0.05) is 19.3 Å². The van der Waals surface area contributed by atoms with E-state index in [1.54, 1.807) is 0 Å². The van der Waals surface area contributed by atoms with Gasteiger partial charge in [-0.15, -0.1) is 0 Å². The molecule has 3 aliphatic heterocycles. The van der Waals surface area contributed by atoms with Crippen molar-refractivity contribution in [2.45, 2.75) is 43.9 Å². The molecule has 0 unspecified atom stereocenters. The zero-order chi connectivity index (χ0) is 16.4. The Morgan fingerprint density at radius 2 is 1.92 bits per heavy atom. The quantitative estimate of drug-likeness (QED) is 0.841. The smallest absolute Gasteiger partial charge is 0.224 e. The molecule has 3 saturated heterocycles. The third-order valence-corrected chi connectivity index (χ3v) is 5.40. The van der Waals surface area contributed by atoms with Crippen molar-refractivity contribution >= 4 is 11.8 Å². The van der Waals surface area contributed by atoms with Gasteiger partial charge in [-0.3, -0.25) is 4.90 Å². The van der Waals surface area contributed by atoms with Crippen LogP contribution in [0.2, 0.25) is 0 Å². The largest absolute Gasteiger partial charge is 0.393 e. The molecule has 0 amide bonds. The van der Waals surface area contributed by atoms with E-state index in [9.17, 15) is 5.11 Å². The minimum atomic E-state index is -0.169. The fourth-order valence-corrected chi connectivity index (χ4v) is 3.97. The van der Waals surface area contributed by atoms with E-state index >= 15 is 0 Å². The van der Waals surface area contributed by atoms with Crippen LogP contribution in [0.15, 0.2) is 12.3 Å². The molecule has 24 heavy (non-hydrogen) atoms. The second-order valence-electron chi connectivity index (χ2n) is 7.06. The third-order valence-electron chi connectivity index (χ3n) is 5.40. The van der Waals surface area contributed by atoms with Crippen LogP contribution in [0, 0.1) is 0 Å². The molecule has 0 radical (unpaired) electrons. The van der Waals surface area contributed by atoms with Crippen LogP contribution >= 0.6 is 0 Å². The Hall–Kier alpha value is -1.44. The molecule has 0 saturated carbocycles. The number of anilines is 2. The lowest BCUT2D eigenvalue weighted by Crippen LogP contribution is -2.45. The van der Waals surface area contributed by atoms with Crippen molar-refractivity contribution in [1.29, 1.82) is 0 Å². The van der Waals surface area contributed by atoms with Crippen LogP contribution in [0.3, 0.4) is 0 Å². The molecule has 3 fully saturated rings. The van der Waals surface area contributed by atoms with E-state index in [0.29, 0.717) is 18.6 Å². The molecule has 132 valence electrons. The predicted octanol–water partition coefficient (Wildman–Crippen LogP) is 0.713. The highest BCUT2D eigenvalue weighted by Gasteiger charge is 2.34. The number of nitrogens with zero attached hydrogens (tertiary/aromatic N) is 4. The number of hydrogen-bond donors (Lipinski definition) is 2. The first kappa shape index (κ1) is 16.1. The average Bonchev–Trinajstić information content (AvgIpc) is 3.27. The number of likely N-dealkylation sites (tertiary alicyclic amines) is 1. The summed E-state index contributed by atoms with van der Waals surface area (Å²) in [5.41, 5.74) is 0. The van der Waals surface area contributed by atoms with Crippen molar-refractivity contribution in [3.05, 3.63) is 12.3 Å². The van der Waals surface area contributed by atoms with Crippen LogP contribution < -0.4 is 10.2 Å². The molecule has 3 aliphatic rings. The third kappa shape index (κ3) is 3.48. The number of aliphatic hydroxyl groups is 1. The van der Waals surface area contributed by atoms with Gasteiger partial charge >= 0.3 is 0 Å². The first-order valence-corrected chi connectivity index (χ1v) is 9.14. The van der Waals surface area contributed by atoms with Crippen molar-refractivity contribution in [3.63, 3.8) is 0 Å². The minimum Gasteiger partial charge on any atom is -0.393 e. The average molecular weight is 333 g/mol. The molecule has 0 bridgehead atoms. The van der Waals surface area contributed by atoms with Crippen LogP contribution in [-0.2, 0) is 4.74 Å². The van der Waals surface area contributed by atoms with E-state index < -0.39 is 0 Å². The summed E-state index contributed by atoms with van der Waals surface area (Å²) in [5.74, 6) is 1.62. The molecular formula is C17H27N5O2. The Labute approximate surface area is 143 Å². The van der Waals surface area contributed by atoms with Gasteiger partial charge in [-0.25, -0.2) is 4.98 Å². The van der Waals surface area contributed by atoms with Crippen LogP contribution in [-0.4, -0.2) is 77.6 Å². The van der Waals surface area contributed by atoms with E-state index in [1.165, 1.54) is 25.9 Å². The van der Waals surface area contributed by atoms with Crippen LogP contribution in [0.4, 0.5) is 11.8 Å². The fraction of sp³-hybridized carbons (Fsp3) is 0.765. The number of aromatic nitrogens is 2. The number of rotatable bonds is 4. The summed E-state index contributed by atoms with van der Waals surface area (Å²) in [5, 5.41) is 13.2. The summed E-state index contributed by atoms with van der Waals surface area (Å²) < 4.78 is 5.71. The Morgan fingerprint density at radius 3 is 2.71 bits per heavy atom. The van der Waals surface area contributed by atoms with E-state index in [0.717, 1.165) is 38.4 Å². The Balaban J connectivity index is 1.41. The predicted molar refractivity (Wildman–Crippen MR) is 92.3 cm³/mol. The zero-order valence-electron chi connectivity index (χ0n) is 14.1. The summed E-state index contributed by atoms with van der Waals surface area (Å²) in [7, 11) is 0. The Morgan fingerprint density at radius 1 is 1.12 bits per heavy atom. The maximum atomic E-state index is 9.66. The second-order valence-corrected chi connectivity index (χ2v) is 7.06. The van der Waals surface area contributed by atoms with Gasteiger partial charge in [-0.2, -0.15) is 4.98 Å². The Bertz CT molecular complexity index is 544. The molecule has 4 heterocycles. The first-order chi connectivity index (χ1) is 11.8. The normalized spacial score (nSPS) is 29.3. The molecule has 2 atom stereocenters. The maximum Gasteiger partial charge on any atom is 0.224 e. The number of piperidine rings is 1. The van der Waals surface area contributed by atoms with Gasteiger partial charge in [0.25, 0.3) is 0 Å². The van der Waals surface area contributed by atoms with Gasteiger partial charge in [-0.1, -0.05) is 0 Å². The monoisotopic (exact) mass is 333 g/mol. The van der Waals surface area contributed by atoms with Crippen molar-refractivity contribution in [3.8, 4) is 0 Å². The number of aliphatic hydroxyl groups excluding tert-OH is 1. The maximum absolute atomic E-state index is 9.66. The van der Waals surface area contributed by atoms with Crippen molar-refractivity contribution in [1.82, 2.24) is 14.9 Å². The van der Waals surface area contributed by atoms with Gasteiger partial charge in [-0.05, 0) is 44.8 Å². The molecule has 7 nitrogen and oxygen atoms in total. The summed E-state index contributed by atoms with van der Waals surface area (Å²) in [6, 6.07) is 2.62. The van der Waals surface area contributed by atoms with Crippen LogP contribution in [0.1, 0.15) is 25.7 Å². The van der Waals surface area contributed by atoms with Gasteiger partial charge in [0.05, 0.1) is 31.4 Å². The van der Waals surface area contributed by atoms with E-state index in [2.05, 4.69) is 20.1 Å². The SMILES string of the molecule is OC1CCN(c2ccnc(N[C@H]3COC[C@@H]3N3CCCC3)n2)CC1. The van der Waals surface area contributed by atoms with Gasteiger partial charge in [0.2, 0.25) is 5.95 Å². The molecule has 0 spiro atoms.